The van der Waals surface area contributed by atoms with E-state index in [1.807, 2.05) is 44.2 Å². The van der Waals surface area contributed by atoms with Crippen LogP contribution in [0.5, 0.6) is 5.75 Å². The van der Waals surface area contributed by atoms with Crippen LogP contribution in [-0.2, 0) is 38.8 Å². The Balaban J connectivity index is 0.00000113. The first-order chi connectivity index (χ1) is 27.2. The number of halogens is 3. The summed E-state index contributed by atoms with van der Waals surface area (Å²) in [4.78, 5) is 78.9. The lowest BCUT2D eigenvalue weighted by Gasteiger charge is -2.13. The normalized spacial score (nSPS) is 11.5. The fraction of sp³-hybridized carbons (Fsp3) is 0.432. The maximum atomic E-state index is 13.0. The Hall–Kier alpha value is -6.18. The van der Waals surface area contributed by atoms with Gasteiger partial charge in [0.05, 0.1) is 6.04 Å². The number of aliphatic carboxylic acids is 1. The van der Waals surface area contributed by atoms with Crippen molar-refractivity contribution in [2.75, 3.05) is 26.2 Å². The van der Waals surface area contributed by atoms with Gasteiger partial charge in [0.1, 0.15) is 23.7 Å². The first-order valence-corrected chi connectivity index (χ1v) is 18.2. The summed E-state index contributed by atoms with van der Waals surface area (Å²) in [6, 6.07) is 15.5. The quantitative estimate of drug-likeness (QED) is 0.0753. The summed E-state index contributed by atoms with van der Waals surface area (Å²) in [6.07, 6.45) is -2.49. The summed E-state index contributed by atoms with van der Waals surface area (Å²) >= 11 is 0. The van der Waals surface area contributed by atoms with Crippen molar-refractivity contribution in [3.63, 3.8) is 0 Å². The summed E-state index contributed by atoms with van der Waals surface area (Å²) in [6.45, 7) is 5.40. The number of alkyl carbamates (subject to hydrolysis) is 1. The Kier molecular flexibility index (Phi) is 17.8. The molecule has 0 saturated carbocycles. The van der Waals surface area contributed by atoms with Gasteiger partial charge in [-0.3, -0.25) is 23.5 Å². The summed E-state index contributed by atoms with van der Waals surface area (Å²) in [5.74, 6) is -2.55. The number of benzene rings is 2. The monoisotopic (exact) mass is 804 g/mol. The number of nitrogens with two attached hydrogens (primary N) is 1. The molecule has 0 aliphatic heterocycles. The number of aromatic amines is 1. The van der Waals surface area contributed by atoms with Gasteiger partial charge >= 0.3 is 23.9 Å². The molecule has 4 rings (SSSR count). The third-order valence-corrected chi connectivity index (χ3v) is 8.00. The Morgan fingerprint density at radius 3 is 2.16 bits per heavy atom. The molecular weight excluding hydrogens is 757 g/mol. The molecule has 0 aliphatic rings. The van der Waals surface area contributed by atoms with E-state index in [2.05, 4.69) is 25.9 Å². The smallest absolute Gasteiger partial charge is 0.484 e. The van der Waals surface area contributed by atoms with E-state index in [1.54, 1.807) is 24.3 Å². The highest BCUT2D eigenvalue weighted by Crippen LogP contribution is 2.22. The van der Waals surface area contributed by atoms with Crippen LogP contribution in [0.3, 0.4) is 0 Å². The minimum absolute atomic E-state index is 0.197. The Labute approximate surface area is 324 Å². The average Bonchev–Trinajstić information content (AvgIpc) is 3.64. The number of carbonyl (C=O) groups is 4. The van der Waals surface area contributed by atoms with Crippen molar-refractivity contribution in [1.29, 1.82) is 0 Å². The highest BCUT2D eigenvalue weighted by Gasteiger charge is 2.38. The predicted octanol–water partition coefficient (Wildman–Crippen LogP) is 3.04. The molecule has 0 bridgehead atoms. The van der Waals surface area contributed by atoms with Crippen LogP contribution < -0.4 is 37.7 Å². The lowest BCUT2D eigenvalue weighted by Crippen LogP contribution is -2.44. The molecule has 57 heavy (non-hydrogen) atoms. The maximum Gasteiger partial charge on any atom is 0.490 e. The topological polar surface area (TPSA) is 242 Å². The molecule has 1 atom stereocenters. The second kappa shape index (κ2) is 22.4. The molecular formula is C37H47F3N8O9. The lowest BCUT2D eigenvalue weighted by atomic mass is 10.1. The first kappa shape index (κ1) is 45.2. The van der Waals surface area contributed by atoms with Crippen molar-refractivity contribution in [3.05, 3.63) is 81.0 Å². The minimum atomic E-state index is -5.08. The van der Waals surface area contributed by atoms with Crippen LogP contribution in [0, 0.1) is 0 Å². The second-order valence-corrected chi connectivity index (χ2v) is 12.5. The number of hydrogen-bond donors (Lipinski definition) is 6. The van der Waals surface area contributed by atoms with Gasteiger partial charge in [0.25, 0.3) is 11.5 Å². The van der Waals surface area contributed by atoms with E-state index < -0.39 is 29.8 Å². The van der Waals surface area contributed by atoms with E-state index >= 15 is 0 Å². The minimum Gasteiger partial charge on any atom is -0.484 e. The van der Waals surface area contributed by atoms with Crippen molar-refractivity contribution < 1.29 is 46.9 Å². The van der Waals surface area contributed by atoms with Crippen molar-refractivity contribution in [3.8, 4) is 17.1 Å². The maximum absolute atomic E-state index is 13.0. The number of unbranched alkanes of at least 4 members (excludes halogenated alkanes) is 1. The number of amides is 3. The van der Waals surface area contributed by atoms with Crippen molar-refractivity contribution in [2.45, 2.75) is 77.9 Å². The van der Waals surface area contributed by atoms with Crippen LogP contribution >= 0.6 is 0 Å². The van der Waals surface area contributed by atoms with Gasteiger partial charge in [0, 0.05) is 38.3 Å². The molecule has 7 N–H and O–H groups in total. The van der Waals surface area contributed by atoms with E-state index in [4.69, 9.17) is 25.1 Å². The molecule has 3 amide bonds. The number of carbonyl (C=O) groups excluding carboxylic acids is 3. The van der Waals surface area contributed by atoms with E-state index in [1.165, 1.54) is 9.13 Å². The van der Waals surface area contributed by atoms with E-state index in [-0.39, 0.29) is 49.3 Å². The van der Waals surface area contributed by atoms with Gasteiger partial charge in [-0.1, -0.05) is 44.2 Å². The second-order valence-electron chi connectivity index (χ2n) is 12.5. The molecule has 2 heterocycles. The molecule has 1 unspecified atom stereocenters. The number of ether oxygens (including phenoxy) is 2. The SMILES string of the molecule is CCCn1c(=O)c2[nH]c(-c3ccc(OCC(=O)NCCNC(=O)C(N)CCCCNC(=O)OCc4ccccc4)cc3)nc2n(CCC)c1=O.O=C(O)C(F)(F)F. The molecule has 0 aliphatic carbocycles. The number of aromatic nitrogens is 4. The number of carboxylic acid groups (broad SMARTS) is 1. The number of H-pyrrole nitrogens is 1. The zero-order valence-corrected chi connectivity index (χ0v) is 31.5. The Morgan fingerprint density at radius 2 is 1.53 bits per heavy atom. The van der Waals surface area contributed by atoms with Gasteiger partial charge in [0.15, 0.2) is 12.3 Å². The van der Waals surface area contributed by atoms with E-state index in [0.717, 1.165) is 5.56 Å². The van der Waals surface area contributed by atoms with Crippen molar-refractivity contribution >= 4 is 35.0 Å². The predicted molar refractivity (Wildman–Crippen MR) is 202 cm³/mol. The molecule has 4 aromatic rings. The largest absolute Gasteiger partial charge is 0.490 e. The van der Waals surface area contributed by atoms with Crippen LogP contribution in [0.1, 0.15) is 51.5 Å². The Bertz CT molecular complexity index is 2050. The number of aryl methyl sites for hydroxylation is 1. The standard InChI is InChI=1S/C35H46N8O7.C2HF3O2/c1-3-20-42-31-29(33(46)43(21-4-2)35(42)48)40-30(41-31)25-13-15-26(16-14-25)49-23-28(44)37-18-19-38-32(45)27(36)12-8-9-17-39-34(47)50-22-24-10-6-5-7-11-24;3-2(4,5)1(6)7/h5-7,10-11,13-16,27H,3-4,8-9,12,17-23,36H2,1-2H3,(H,37,44)(H,38,45)(H,39,47)(H,40,41);(H,6,7). The summed E-state index contributed by atoms with van der Waals surface area (Å²) in [7, 11) is 0. The number of imidazole rings is 1. The van der Waals surface area contributed by atoms with Gasteiger partial charge in [-0.2, -0.15) is 13.2 Å². The molecule has 17 nitrogen and oxygen atoms in total. The molecule has 2 aromatic carbocycles. The molecule has 20 heteroatoms. The number of hydrogen-bond acceptors (Lipinski definition) is 10. The summed E-state index contributed by atoms with van der Waals surface area (Å²) < 4.78 is 45.3. The fourth-order valence-corrected chi connectivity index (χ4v) is 5.16. The average molecular weight is 805 g/mol. The molecule has 0 spiro atoms. The number of nitrogens with one attached hydrogen (secondary N) is 4. The highest BCUT2D eigenvalue weighted by molar-refractivity contribution is 5.81. The number of fused-ring (bicyclic) bond motifs is 1. The number of carboxylic acids is 1. The van der Waals surface area contributed by atoms with Gasteiger partial charge < -0.3 is 41.2 Å². The van der Waals surface area contributed by atoms with Gasteiger partial charge in [-0.15, -0.1) is 0 Å². The number of alkyl halides is 3. The van der Waals surface area contributed by atoms with Crippen molar-refractivity contribution in [1.82, 2.24) is 35.1 Å². The van der Waals surface area contributed by atoms with Crippen LogP contribution in [0.2, 0.25) is 0 Å². The molecule has 0 radical (unpaired) electrons. The van der Waals surface area contributed by atoms with Crippen LogP contribution in [0.15, 0.2) is 64.2 Å². The van der Waals surface area contributed by atoms with Gasteiger partial charge in [0.2, 0.25) is 5.91 Å². The fourth-order valence-electron chi connectivity index (χ4n) is 5.16. The zero-order chi connectivity index (χ0) is 42.0. The van der Waals surface area contributed by atoms with E-state index in [9.17, 15) is 37.1 Å². The van der Waals surface area contributed by atoms with Crippen molar-refractivity contribution in [2.24, 2.45) is 5.73 Å². The Morgan fingerprint density at radius 1 is 0.895 bits per heavy atom. The third-order valence-electron chi connectivity index (χ3n) is 8.00. The molecule has 0 fully saturated rings. The lowest BCUT2D eigenvalue weighted by molar-refractivity contribution is -0.192. The van der Waals surface area contributed by atoms with Crippen LogP contribution in [-0.4, -0.2) is 86.5 Å². The third kappa shape index (κ3) is 14.4. The van der Waals surface area contributed by atoms with Crippen LogP contribution in [0.25, 0.3) is 22.6 Å². The highest BCUT2D eigenvalue weighted by atomic mass is 19.4. The zero-order valence-electron chi connectivity index (χ0n) is 31.5. The summed E-state index contributed by atoms with van der Waals surface area (Å²) in [5.41, 5.74) is 7.40. The number of nitrogens with zero attached hydrogens (tertiary/aromatic N) is 3. The summed E-state index contributed by atoms with van der Waals surface area (Å²) in [5, 5.41) is 15.2. The van der Waals surface area contributed by atoms with Gasteiger partial charge in [-0.25, -0.2) is 19.4 Å². The van der Waals surface area contributed by atoms with Gasteiger partial charge in [-0.05, 0) is 61.9 Å². The molecule has 310 valence electrons. The number of rotatable bonds is 19. The van der Waals surface area contributed by atoms with Crippen LogP contribution in [0.4, 0.5) is 18.0 Å². The first-order valence-electron chi connectivity index (χ1n) is 18.2. The van der Waals surface area contributed by atoms with E-state index in [0.29, 0.717) is 74.5 Å². The molecule has 2 aromatic heterocycles. The molecule has 0 saturated heterocycles.